The number of piperidine rings is 1. The normalized spacial score (nSPS) is 23.4. The van der Waals surface area contributed by atoms with E-state index in [0.717, 1.165) is 25.2 Å². The van der Waals surface area contributed by atoms with E-state index in [1.54, 1.807) is 0 Å². The van der Waals surface area contributed by atoms with Gasteiger partial charge in [0, 0.05) is 19.6 Å². The number of aliphatic hydroxyl groups is 1. The summed E-state index contributed by atoms with van der Waals surface area (Å²) in [5.74, 6) is -0.0813. The predicted octanol–water partition coefficient (Wildman–Crippen LogP) is 1.96. The average Bonchev–Trinajstić information content (AvgIpc) is 3.12. The van der Waals surface area contributed by atoms with Gasteiger partial charge in [0.25, 0.3) is 0 Å². The molecule has 0 aliphatic carbocycles. The standard InChI is InChI=1S/C20H28N4O3/c1-2-24-18(21-15-22-24)13-23-12-10-17(25)20(14-23,19(26)27)11-6-9-16-7-4-3-5-8-16/h3-5,7-8,15,17,25H,2,6,9-14H2,1H3,(H,26,27)/t17-,20-/m1/s1. The van der Waals surface area contributed by atoms with Crippen molar-refractivity contribution in [2.45, 2.75) is 51.8 Å². The van der Waals surface area contributed by atoms with E-state index in [9.17, 15) is 15.0 Å². The Morgan fingerprint density at radius 3 is 2.81 bits per heavy atom. The molecule has 0 bridgehead atoms. The summed E-state index contributed by atoms with van der Waals surface area (Å²) in [5, 5.41) is 24.8. The number of nitrogens with zero attached hydrogens (tertiary/aromatic N) is 4. The molecular weight excluding hydrogens is 344 g/mol. The Morgan fingerprint density at radius 1 is 1.33 bits per heavy atom. The van der Waals surface area contributed by atoms with E-state index in [1.165, 1.54) is 11.9 Å². The molecule has 146 valence electrons. The minimum atomic E-state index is -1.13. The van der Waals surface area contributed by atoms with Crippen LogP contribution in [0, 0.1) is 5.41 Å². The van der Waals surface area contributed by atoms with Gasteiger partial charge >= 0.3 is 5.97 Å². The van der Waals surface area contributed by atoms with Crippen molar-refractivity contribution in [3.63, 3.8) is 0 Å². The maximum Gasteiger partial charge on any atom is 0.313 e. The highest BCUT2D eigenvalue weighted by Crippen LogP contribution is 2.36. The van der Waals surface area contributed by atoms with Gasteiger partial charge in [-0.15, -0.1) is 0 Å². The number of aliphatic hydroxyl groups excluding tert-OH is 1. The number of carboxylic acids is 1. The lowest BCUT2D eigenvalue weighted by atomic mass is 9.73. The molecule has 2 heterocycles. The molecule has 2 atom stereocenters. The van der Waals surface area contributed by atoms with Gasteiger partial charge in [0.2, 0.25) is 0 Å². The van der Waals surface area contributed by atoms with E-state index < -0.39 is 17.5 Å². The SMILES string of the molecule is CCn1ncnc1CN1CC[C@@H](O)[C@](CCCc2ccccc2)(C(=O)O)C1. The Morgan fingerprint density at radius 2 is 2.11 bits per heavy atom. The fourth-order valence-electron chi connectivity index (χ4n) is 3.99. The van der Waals surface area contributed by atoms with Crippen molar-refractivity contribution >= 4 is 5.97 Å². The van der Waals surface area contributed by atoms with Gasteiger partial charge < -0.3 is 10.2 Å². The molecule has 1 aromatic carbocycles. The lowest BCUT2D eigenvalue weighted by molar-refractivity contribution is -0.164. The molecule has 1 saturated heterocycles. The third-order valence-corrected chi connectivity index (χ3v) is 5.58. The van der Waals surface area contributed by atoms with Crippen LogP contribution in [0.25, 0.3) is 0 Å². The van der Waals surface area contributed by atoms with Crippen LogP contribution in [0.1, 0.15) is 37.6 Å². The van der Waals surface area contributed by atoms with Crippen molar-refractivity contribution in [1.29, 1.82) is 0 Å². The van der Waals surface area contributed by atoms with Crippen LogP contribution in [0.3, 0.4) is 0 Å². The maximum absolute atomic E-state index is 12.2. The molecule has 1 aliphatic heterocycles. The number of carbonyl (C=O) groups is 1. The van der Waals surface area contributed by atoms with Crippen LogP contribution in [-0.4, -0.2) is 55.0 Å². The zero-order valence-electron chi connectivity index (χ0n) is 15.8. The second-order valence-corrected chi connectivity index (χ2v) is 7.31. The van der Waals surface area contributed by atoms with Crippen LogP contribution < -0.4 is 0 Å². The van der Waals surface area contributed by atoms with E-state index in [-0.39, 0.29) is 0 Å². The van der Waals surface area contributed by atoms with Gasteiger partial charge in [-0.1, -0.05) is 30.3 Å². The Kier molecular flexibility index (Phi) is 6.23. The van der Waals surface area contributed by atoms with Gasteiger partial charge in [-0.2, -0.15) is 5.10 Å². The molecule has 1 fully saturated rings. The number of carboxylic acid groups (broad SMARTS) is 1. The van der Waals surface area contributed by atoms with Gasteiger partial charge in [-0.25, -0.2) is 9.67 Å². The molecule has 1 aliphatic rings. The minimum Gasteiger partial charge on any atom is -0.481 e. The Bertz CT molecular complexity index is 749. The van der Waals surface area contributed by atoms with Crippen LogP contribution in [-0.2, 0) is 24.3 Å². The predicted molar refractivity (Wildman–Crippen MR) is 101 cm³/mol. The number of aryl methyl sites for hydroxylation is 2. The summed E-state index contributed by atoms with van der Waals surface area (Å²) >= 11 is 0. The zero-order chi connectivity index (χ0) is 19.3. The van der Waals surface area contributed by atoms with Crippen LogP contribution in [0.15, 0.2) is 36.7 Å². The molecule has 2 aromatic rings. The van der Waals surface area contributed by atoms with Gasteiger partial charge in [0.1, 0.15) is 17.6 Å². The zero-order valence-corrected chi connectivity index (χ0v) is 15.8. The Labute approximate surface area is 159 Å². The largest absolute Gasteiger partial charge is 0.481 e. The molecule has 0 saturated carbocycles. The first-order chi connectivity index (χ1) is 13.0. The molecule has 27 heavy (non-hydrogen) atoms. The van der Waals surface area contributed by atoms with E-state index >= 15 is 0 Å². The summed E-state index contributed by atoms with van der Waals surface area (Å²) in [6.07, 6.45) is 3.15. The third kappa shape index (κ3) is 4.36. The lowest BCUT2D eigenvalue weighted by Crippen LogP contribution is -2.55. The smallest absolute Gasteiger partial charge is 0.313 e. The van der Waals surface area contributed by atoms with Crippen molar-refractivity contribution in [2.75, 3.05) is 13.1 Å². The molecule has 0 unspecified atom stereocenters. The first-order valence-electron chi connectivity index (χ1n) is 9.59. The van der Waals surface area contributed by atoms with E-state index in [2.05, 4.69) is 27.1 Å². The highest BCUT2D eigenvalue weighted by Gasteiger charge is 2.48. The quantitative estimate of drug-likeness (QED) is 0.736. The number of aliphatic carboxylic acids is 1. The van der Waals surface area contributed by atoms with Crippen molar-refractivity contribution in [2.24, 2.45) is 5.41 Å². The Balaban J connectivity index is 1.68. The highest BCUT2D eigenvalue weighted by atomic mass is 16.4. The first kappa shape index (κ1) is 19.5. The average molecular weight is 372 g/mol. The van der Waals surface area contributed by atoms with Crippen molar-refractivity contribution in [3.05, 3.63) is 48.0 Å². The summed E-state index contributed by atoms with van der Waals surface area (Å²) in [7, 11) is 0. The summed E-state index contributed by atoms with van der Waals surface area (Å²) in [4.78, 5) is 18.6. The summed E-state index contributed by atoms with van der Waals surface area (Å²) < 4.78 is 1.82. The van der Waals surface area contributed by atoms with E-state index in [1.807, 2.05) is 29.8 Å². The fraction of sp³-hybridized carbons (Fsp3) is 0.550. The van der Waals surface area contributed by atoms with Crippen molar-refractivity contribution in [1.82, 2.24) is 19.7 Å². The number of rotatable bonds is 8. The second-order valence-electron chi connectivity index (χ2n) is 7.31. The third-order valence-electron chi connectivity index (χ3n) is 5.58. The van der Waals surface area contributed by atoms with Crippen molar-refractivity contribution < 1.29 is 15.0 Å². The first-order valence-corrected chi connectivity index (χ1v) is 9.59. The monoisotopic (exact) mass is 372 g/mol. The summed E-state index contributed by atoms with van der Waals surface area (Å²) in [6, 6.07) is 10.1. The summed E-state index contributed by atoms with van der Waals surface area (Å²) in [5.41, 5.74) is 0.0561. The van der Waals surface area contributed by atoms with E-state index in [0.29, 0.717) is 32.5 Å². The second kappa shape index (κ2) is 8.63. The number of likely N-dealkylation sites (tertiary alicyclic amines) is 1. The summed E-state index contributed by atoms with van der Waals surface area (Å²) in [6.45, 7) is 4.27. The van der Waals surface area contributed by atoms with Gasteiger partial charge in [-0.05, 0) is 38.2 Å². The number of benzene rings is 1. The molecule has 7 heteroatoms. The van der Waals surface area contributed by atoms with Gasteiger partial charge in [0.15, 0.2) is 0 Å². The van der Waals surface area contributed by atoms with Gasteiger partial charge in [0.05, 0.1) is 12.6 Å². The van der Waals surface area contributed by atoms with Gasteiger partial charge in [-0.3, -0.25) is 9.69 Å². The molecule has 1 aromatic heterocycles. The van der Waals surface area contributed by atoms with Crippen LogP contribution in [0.2, 0.25) is 0 Å². The van der Waals surface area contributed by atoms with Crippen LogP contribution >= 0.6 is 0 Å². The number of hydrogen-bond donors (Lipinski definition) is 2. The fourth-order valence-corrected chi connectivity index (χ4v) is 3.99. The maximum atomic E-state index is 12.2. The van der Waals surface area contributed by atoms with Crippen LogP contribution in [0.4, 0.5) is 0 Å². The number of aromatic nitrogens is 3. The molecule has 0 spiro atoms. The van der Waals surface area contributed by atoms with E-state index in [4.69, 9.17) is 0 Å². The number of hydrogen-bond acceptors (Lipinski definition) is 5. The lowest BCUT2D eigenvalue weighted by Gasteiger charge is -2.43. The Hall–Kier alpha value is -2.25. The minimum absolute atomic E-state index is 0.328. The molecular formula is C20H28N4O3. The molecule has 0 radical (unpaired) electrons. The highest BCUT2D eigenvalue weighted by molar-refractivity contribution is 5.76. The molecule has 7 nitrogen and oxygen atoms in total. The van der Waals surface area contributed by atoms with Crippen molar-refractivity contribution in [3.8, 4) is 0 Å². The van der Waals surface area contributed by atoms with Crippen LogP contribution in [0.5, 0.6) is 0 Å². The topological polar surface area (TPSA) is 91.5 Å². The molecule has 2 N–H and O–H groups in total. The molecule has 3 rings (SSSR count). The molecule has 0 amide bonds.